The number of nitrogens with one attached hydrogen (secondary N) is 1. The van der Waals surface area contributed by atoms with E-state index in [9.17, 15) is 22.8 Å². The van der Waals surface area contributed by atoms with Gasteiger partial charge in [-0.3, -0.25) is 14.5 Å². The fraction of sp³-hybridized carbons (Fsp3) is 0.0769. The average Bonchev–Trinajstić information content (AvgIpc) is 3.28. The number of pyridine rings is 2. The average molecular weight is 489 g/mol. The third-order valence-electron chi connectivity index (χ3n) is 5.75. The molecule has 2 amide bonds. The van der Waals surface area contributed by atoms with Crippen molar-refractivity contribution in [3.8, 4) is 11.1 Å². The summed E-state index contributed by atoms with van der Waals surface area (Å²) in [5, 5.41) is 6.91. The largest absolute Gasteiger partial charge is 0.417 e. The number of benzene rings is 1. The number of carbonyl (C=O) groups is 2. The third kappa shape index (κ3) is 4.13. The number of alkyl halides is 3. The Morgan fingerprint density at radius 2 is 1.75 bits per heavy atom. The van der Waals surface area contributed by atoms with Crippen LogP contribution in [0.1, 0.15) is 26.3 Å². The fourth-order valence-corrected chi connectivity index (χ4v) is 3.78. The molecule has 1 N–H and O–H groups in total. The molecule has 4 aromatic rings. The number of nitrogens with zero attached hydrogens (tertiary/aromatic N) is 4. The lowest BCUT2D eigenvalue weighted by Crippen LogP contribution is -2.31. The number of fused-ring (bicyclic) bond motifs is 1. The van der Waals surface area contributed by atoms with E-state index in [2.05, 4.69) is 15.4 Å². The van der Waals surface area contributed by atoms with Crippen molar-refractivity contribution in [3.05, 3.63) is 108 Å². The molecule has 0 saturated carbocycles. The summed E-state index contributed by atoms with van der Waals surface area (Å²) in [6.45, 7) is 0. The molecular formula is C26H18F3N5O2. The van der Waals surface area contributed by atoms with Gasteiger partial charge >= 0.3 is 6.18 Å². The highest BCUT2D eigenvalue weighted by Gasteiger charge is 2.32. The van der Waals surface area contributed by atoms with Gasteiger partial charge in [0.15, 0.2) is 0 Å². The molecular weight excluding hydrogens is 471 g/mol. The summed E-state index contributed by atoms with van der Waals surface area (Å²) >= 11 is 0. The number of carbonyl (C=O) groups excluding carboxylic acids is 2. The number of aromatic nitrogens is 3. The number of rotatable bonds is 5. The predicted molar refractivity (Wildman–Crippen MR) is 127 cm³/mol. The number of hydrogen-bond donors (Lipinski definition) is 1. The van der Waals surface area contributed by atoms with Gasteiger partial charge in [0.2, 0.25) is 0 Å². The molecule has 1 aromatic carbocycles. The van der Waals surface area contributed by atoms with Crippen LogP contribution in [0.15, 0.2) is 91.0 Å². The van der Waals surface area contributed by atoms with Gasteiger partial charge in [0.05, 0.1) is 23.0 Å². The topological polar surface area (TPSA) is 79.6 Å². The van der Waals surface area contributed by atoms with E-state index in [-0.39, 0.29) is 11.7 Å². The van der Waals surface area contributed by atoms with Gasteiger partial charge < -0.3 is 5.32 Å². The molecule has 0 bridgehead atoms. The first-order valence-electron chi connectivity index (χ1n) is 10.8. The number of anilines is 1. The molecule has 10 heteroatoms. The smallest absolute Gasteiger partial charge is 0.355 e. The number of allylic oxidation sites excluding steroid dienone is 3. The Hall–Kier alpha value is -4.73. The highest BCUT2D eigenvalue weighted by atomic mass is 19.4. The third-order valence-corrected chi connectivity index (χ3v) is 5.75. The van der Waals surface area contributed by atoms with E-state index in [0.29, 0.717) is 28.5 Å². The Labute approximate surface area is 203 Å². The minimum Gasteiger partial charge on any atom is -0.355 e. The normalized spacial score (nSPS) is 12.7. The van der Waals surface area contributed by atoms with Gasteiger partial charge in [-0.1, -0.05) is 18.2 Å². The van der Waals surface area contributed by atoms with E-state index in [1.54, 1.807) is 78.6 Å². The van der Waals surface area contributed by atoms with Gasteiger partial charge in [-0.15, -0.1) is 0 Å². The lowest BCUT2D eigenvalue weighted by Gasteiger charge is -2.25. The van der Waals surface area contributed by atoms with E-state index < -0.39 is 17.6 Å². The highest BCUT2D eigenvalue weighted by molar-refractivity contribution is 6.09. The van der Waals surface area contributed by atoms with Crippen molar-refractivity contribution < 1.29 is 22.8 Å². The maximum atomic E-state index is 13.5. The molecule has 0 saturated heterocycles. The van der Waals surface area contributed by atoms with Crippen LogP contribution in [0, 0.1) is 0 Å². The van der Waals surface area contributed by atoms with E-state index >= 15 is 0 Å². The second-order valence-corrected chi connectivity index (χ2v) is 7.95. The SMILES string of the molecule is CNC(=O)c1ccc(-c2cnn3ccc(C(=O)N(C4=CC=C4)c4ccc(C(F)(F)F)cn4)cc23)cc1. The molecule has 36 heavy (non-hydrogen) atoms. The number of amides is 2. The monoisotopic (exact) mass is 489 g/mol. The summed E-state index contributed by atoms with van der Waals surface area (Å²) in [7, 11) is 1.55. The first-order chi connectivity index (χ1) is 17.3. The molecule has 3 aromatic heterocycles. The van der Waals surface area contributed by atoms with Crippen molar-refractivity contribution in [2.24, 2.45) is 0 Å². The van der Waals surface area contributed by atoms with Gasteiger partial charge in [0.1, 0.15) is 5.82 Å². The molecule has 180 valence electrons. The van der Waals surface area contributed by atoms with Crippen LogP contribution >= 0.6 is 0 Å². The van der Waals surface area contributed by atoms with Gasteiger partial charge in [-0.25, -0.2) is 9.50 Å². The standard InChI is InChI=1S/C26H18F3N5O2/c1-30-24(35)17-7-5-16(6-8-17)21-15-32-33-12-11-18(13-22(21)33)25(36)34(20-3-2-4-20)23-10-9-19(14-31-23)26(27,28)29/h2-15H,1H3,(H,30,35). The molecule has 0 spiro atoms. The molecule has 0 atom stereocenters. The Bertz CT molecular complexity index is 1530. The first kappa shape index (κ1) is 23.0. The maximum absolute atomic E-state index is 13.5. The van der Waals surface area contributed by atoms with Gasteiger partial charge in [0.25, 0.3) is 11.8 Å². The van der Waals surface area contributed by atoms with E-state index in [1.807, 2.05) is 0 Å². The van der Waals surface area contributed by atoms with Crippen molar-refractivity contribution in [2.75, 3.05) is 11.9 Å². The van der Waals surface area contributed by atoms with Crippen molar-refractivity contribution >= 4 is 23.1 Å². The van der Waals surface area contributed by atoms with Crippen molar-refractivity contribution in [2.45, 2.75) is 6.18 Å². The molecule has 0 radical (unpaired) electrons. The number of hydrogen-bond acceptors (Lipinski definition) is 4. The molecule has 0 aliphatic heterocycles. The van der Waals surface area contributed by atoms with E-state index in [0.717, 1.165) is 17.2 Å². The van der Waals surface area contributed by atoms with Crippen LogP contribution in [0.3, 0.4) is 0 Å². The van der Waals surface area contributed by atoms with Gasteiger partial charge in [-0.05, 0) is 54.1 Å². The Kier molecular flexibility index (Phi) is 5.63. The molecule has 0 unspecified atom stereocenters. The van der Waals surface area contributed by atoms with Crippen molar-refractivity contribution in [1.82, 2.24) is 19.9 Å². The molecule has 5 rings (SSSR count). The maximum Gasteiger partial charge on any atom is 0.417 e. The summed E-state index contributed by atoms with van der Waals surface area (Å²) in [4.78, 5) is 30.5. The zero-order valence-corrected chi connectivity index (χ0v) is 18.8. The molecule has 0 fully saturated rings. The predicted octanol–water partition coefficient (Wildman–Crippen LogP) is 4.88. The van der Waals surface area contributed by atoms with E-state index in [4.69, 9.17) is 0 Å². The van der Waals surface area contributed by atoms with Crippen molar-refractivity contribution in [1.29, 1.82) is 0 Å². The summed E-state index contributed by atoms with van der Waals surface area (Å²) in [5.41, 5.74) is 2.61. The zero-order chi connectivity index (χ0) is 25.4. The molecule has 7 nitrogen and oxygen atoms in total. The van der Waals surface area contributed by atoms with Crippen LogP contribution in [0.25, 0.3) is 16.6 Å². The van der Waals surface area contributed by atoms with Crippen LogP contribution < -0.4 is 10.2 Å². The summed E-state index contributed by atoms with van der Waals surface area (Å²) < 4.78 is 40.6. The summed E-state index contributed by atoms with van der Waals surface area (Å²) in [5.74, 6) is -0.588. The van der Waals surface area contributed by atoms with Crippen LogP contribution in [0.2, 0.25) is 0 Å². The Balaban J connectivity index is 1.51. The molecule has 3 heterocycles. The summed E-state index contributed by atoms with van der Waals surface area (Å²) in [6, 6.07) is 12.3. The second-order valence-electron chi connectivity index (χ2n) is 7.95. The minimum absolute atomic E-state index is 0.0713. The lowest BCUT2D eigenvalue weighted by atomic mass is 10.0. The lowest BCUT2D eigenvalue weighted by molar-refractivity contribution is -0.137. The minimum atomic E-state index is -4.53. The van der Waals surface area contributed by atoms with Gasteiger partial charge in [0, 0.05) is 36.1 Å². The number of halogens is 3. The van der Waals surface area contributed by atoms with Crippen LogP contribution in [0.5, 0.6) is 0 Å². The zero-order valence-electron chi connectivity index (χ0n) is 18.8. The van der Waals surface area contributed by atoms with Crippen LogP contribution in [0.4, 0.5) is 19.0 Å². The summed E-state index contributed by atoms with van der Waals surface area (Å²) in [6.07, 6.45) is 4.54. The quantitative estimate of drug-likeness (QED) is 0.434. The molecule has 1 aliphatic carbocycles. The van der Waals surface area contributed by atoms with Crippen LogP contribution in [-0.2, 0) is 6.18 Å². The van der Waals surface area contributed by atoms with Crippen LogP contribution in [-0.4, -0.2) is 33.5 Å². The van der Waals surface area contributed by atoms with E-state index in [1.165, 1.54) is 11.0 Å². The van der Waals surface area contributed by atoms with Gasteiger partial charge in [-0.2, -0.15) is 18.3 Å². The highest BCUT2D eigenvalue weighted by Crippen LogP contribution is 2.32. The Morgan fingerprint density at radius 3 is 2.33 bits per heavy atom. The Morgan fingerprint density at radius 1 is 1.00 bits per heavy atom. The molecule has 1 aliphatic rings. The second kappa shape index (κ2) is 8.81. The fourth-order valence-electron chi connectivity index (χ4n) is 3.78. The first-order valence-corrected chi connectivity index (χ1v) is 10.8. The van der Waals surface area contributed by atoms with Crippen molar-refractivity contribution in [3.63, 3.8) is 0 Å².